The summed E-state index contributed by atoms with van der Waals surface area (Å²) >= 11 is 0. The number of nitrogens with zero attached hydrogens (tertiary/aromatic N) is 2. The van der Waals surface area contributed by atoms with Crippen molar-refractivity contribution in [3.63, 3.8) is 0 Å². The Balaban J connectivity index is 1.30. The van der Waals surface area contributed by atoms with Gasteiger partial charge in [0.2, 0.25) is 5.91 Å². The van der Waals surface area contributed by atoms with Gasteiger partial charge in [-0.15, -0.1) is 0 Å². The molecule has 4 rings (SSSR count). The Hall–Kier alpha value is -4.92. The van der Waals surface area contributed by atoms with E-state index in [2.05, 4.69) is 20.9 Å². The maximum absolute atomic E-state index is 12.7. The average molecular weight is 498 g/mol. The molecule has 9 heteroatoms. The first-order valence-corrected chi connectivity index (χ1v) is 11.8. The average Bonchev–Trinajstić information content (AvgIpc) is 3.43. The van der Waals surface area contributed by atoms with Crippen LogP contribution in [0.2, 0.25) is 0 Å². The molecule has 3 N–H and O–H groups in total. The van der Waals surface area contributed by atoms with Crippen LogP contribution >= 0.6 is 0 Å². The largest absolute Gasteiger partial charge is 0.494 e. The van der Waals surface area contributed by atoms with E-state index in [9.17, 15) is 14.4 Å². The molecule has 0 saturated carbocycles. The van der Waals surface area contributed by atoms with E-state index in [0.29, 0.717) is 41.3 Å². The molecule has 0 atom stereocenters. The quantitative estimate of drug-likeness (QED) is 0.291. The molecule has 0 radical (unpaired) electrons. The smallest absolute Gasteiger partial charge is 0.255 e. The summed E-state index contributed by atoms with van der Waals surface area (Å²) in [6.07, 6.45) is 5.38. The standard InChI is InChI=1S/C28H27N5O4/c1-2-37-25-12-10-23(11-13-25)31-27(35)20-6-8-22(9-7-20)32-28(36)21-4-3-5-24(18-21)30-26(34)14-16-33-17-15-29-19-33/h3-13,15,17-19H,2,14,16H2,1H3,(H,30,34)(H,31,35)(H,32,36). The molecule has 1 heterocycles. The Labute approximate surface area is 214 Å². The van der Waals surface area contributed by atoms with Gasteiger partial charge in [0.15, 0.2) is 0 Å². The topological polar surface area (TPSA) is 114 Å². The highest BCUT2D eigenvalue weighted by molar-refractivity contribution is 6.07. The molecule has 0 bridgehead atoms. The maximum atomic E-state index is 12.7. The third kappa shape index (κ3) is 7.28. The van der Waals surface area contributed by atoms with Gasteiger partial charge in [0, 0.05) is 53.5 Å². The highest BCUT2D eigenvalue weighted by atomic mass is 16.5. The molecular weight excluding hydrogens is 470 g/mol. The zero-order chi connectivity index (χ0) is 26.0. The molecule has 0 spiro atoms. The van der Waals surface area contributed by atoms with E-state index in [4.69, 9.17) is 4.74 Å². The molecule has 0 fully saturated rings. The number of rotatable bonds is 10. The van der Waals surface area contributed by atoms with E-state index in [1.807, 2.05) is 11.5 Å². The van der Waals surface area contributed by atoms with Gasteiger partial charge < -0.3 is 25.3 Å². The van der Waals surface area contributed by atoms with Crippen molar-refractivity contribution in [2.24, 2.45) is 0 Å². The number of carbonyl (C=O) groups excluding carboxylic acids is 3. The Morgan fingerprint density at radius 1 is 0.811 bits per heavy atom. The van der Waals surface area contributed by atoms with Gasteiger partial charge in [0.1, 0.15) is 5.75 Å². The third-order valence-corrected chi connectivity index (χ3v) is 5.39. The molecule has 9 nitrogen and oxygen atoms in total. The SMILES string of the molecule is CCOc1ccc(NC(=O)c2ccc(NC(=O)c3cccc(NC(=O)CCn4ccnc4)c3)cc2)cc1. The zero-order valence-electron chi connectivity index (χ0n) is 20.3. The van der Waals surface area contributed by atoms with Crippen molar-refractivity contribution < 1.29 is 19.1 Å². The Morgan fingerprint density at radius 3 is 2.14 bits per heavy atom. The molecule has 0 unspecified atom stereocenters. The van der Waals surface area contributed by atoms with Gasteiger partial charge in [-0.1, -0.05) is 6.07 Å². The number of amides is 3. The van der Waals surface area contributed by atoms with Crippen molar-refractivity contribution in [2.45, 2.75) is 19.9 Å². The summed E-state index contributed by atoms with van der Waals surface area (Å²) in [7, 11) is 0. The fraction of sp³-hybridized carbons (Fsp3) is 0.143. The van der Waals surface area contributed by atoms with Crippen LogP contribution in [0.25, 0.3) is 0 Å². The lowest BCUT2D eigenvalue weighted by molar-refractivity contribution is -0.116. The van der Waals surface area contributed by atoms with Crippen LogP contribution in [0.15, 0.2) is 91.5 Å². The molecule has 1 aromatic heterocycles. The van der Waals surface area contributed by atoms with Gasteiger partial charge in [-0.3, -0.25) is 14.4 Å². The maximum Gasteiger partial charge on any atom is 0.255 e. The molecule has 0 aliphatic rings. The summed E-state index contributed by atoms with van der Waals surface area (Å²) in [5.74, 6) is -0.0240. The predicted octanol–water partition coefficient (Wildman–Crippen LogP) is 4.82. The molecule has 0 saturated heterocycles. The number of benzene rings is 3. The van der Waals surface area contributed by atoms with Crippen LogP contribution in [-0.2, 0) is 11.3 Å². The second kappa shape index (κ2) is 12.2. The minimum absolute atomic E-state index is 0.162. The number of nitrogens with one attached hydrogen (secondary N) is 3. The third-order valence-electron chi connectivity index (χ3n) is 5.39. The monoisotopic (exact) mass is 497 g/mol. The van der Waals surface area contributed by atoms with E-state index in [1.165, 1.54) is 0 Å². The second-order valence-corrected chi connectivity index (χ2v) is 8.12. The zero-order valence-corrected chi connectivity index (χ0v) is 20.3. The first kappa shape index (κ1) is 25.2. The number of imidazole rings is 1. The number of anilines is 3. The lowest BCUT2D eigenvalue weighted by Crippen LogP contribution is -2.16. The summed E-state index contributed by atoms with van der Waals surface area (Å²) in [6.45, 7) is 3.00. The van der Waals surface area contributed by atoms with Crippen molar-refractivity contribution in [3.8, 4) is 5.75 Å². The molecule has 0 aliphatic heterocycles. The van der Waals surface area contributed by atoms with Crippen molar-refractivity contribution >= 4 is 34.8 Å². The van der Waals surface area contributed by atoms with E-state index < -0.39 is 0 Å². The minimum atomic E-state index is -0.332. The van der Waals surface area contributed by atoms with Crippen LogP contribution in [0.1, 0.15) is 34.1 Å². The number of hydrogen-bond donors (Lipinski definition) is 3. The van der Waals surface area contributed by atoms with Crippen molar-refractivity contribution in [3.05, 3.63) is 103 Å². The Kier molecular flexibility index (Phi) is 8.28. The number of ether oxygens (including phenoxy) is 1. The molecule has 3 amide bonds. The number of hydrogen-bond acceptors (Lipinski definition) is 5. The fourth-order valence-corrected chi connectivity index (χ4v) is 3.52. The first-order chi connectivity index (χ1) is 18.0. The molecule has 188 valence electrons. The van der Waals surface area contributed by atoms with Crippen molar-refractivity contribution in [1.82, 2.24) is 9.55 Å². The molecule has 0 aliphatic carbocycles. The normalized spacial score (nSPS) is 10.4. The highest BCUT2D eigenvalue weighted by Crippen LogP contribution is 2.18. The van der Waals surface area contributed by atoms with Crippen molar-refractivity contribution in [2.75, 3.05) is 22.6 Å². The fourth-order valence-electron chi connectivity index (χ4n) is 3.52. The van der Waals surface area contributed by atoms with Gasteiger partial charge in [0.25, 0.3) is 11.8 Å². The van der Waals surface area contributed by atoms with Gasteiger partial charge >= 0.3 is 0 Å². The lowest BCUT2D eigenvalue weighted by atomic mass is 10.1. The summed E-state index contributed by atoms with van der Waals surface area (Å²) in [5, 5.41) is 8.45. The van der Waals surface area contributed by atoms with Crippen LogP contribution in [-0.4, -0.2) is 33.9 Å². The van der Waals surface area contributed by atoms with Crippen LogP contribution in [0.4, 0.5) is 17.1 Å². The Bertz CT molecular complexity index is 1350. The van der Waals surface area contributed by atoms with Gasteiger partial charge in [-0.2, -0.15) is 0 Å². The number of carbonyl (C=O) groups is 3. The summed E-state index contributed by atoms with van der Waals surface area (Å²) in [6, 6.07) is 20.4. The van der Waals surface area contributed by atoms with Crippen LogP contribution in [0.5, 0.6) is 5.75 Å². The molecule has 4 aromatic rings. The van der Waals surface area contributed by atoms with Crippen LogP contribution in [0, 0.1) is 0 Å². The van der Waals surface area contributed by atoms with E-state index in [0.717, 1.165) is 5.75 Å². The summed E-state index contributed by atoms with van der Waals surface area (Å²) in [4.78, 5) is 41.5. The summed E-state index contributed by atoms with van der Waals surface area (Å²) < 4.78 is 7.22. The van der Waals surface area contributed by atoms with E-state index >= 15 is 0 Å². The van der Waals surface area contributed by atoms with Gasteiger partial charge in [-0.05, 0) is 73.7 Å². The predicted molar refractivity (Wildman–Crippen MR) is 142 cm³/mol. The first-order valence-electron chi connectivity index (χ1n) is 11.8. The van der Waals surface area contributed by atoms with Gasteiger partial charge in [-0.25, -0.2) is 4.98 Å². The Morgan fingerprint density at radius 2 is 1.49 bits per heavy atom. The number of aryl methyl sites for hydroxylation is 1. The summed E-state index contributed by atoms with van der Waals surface area (Å²) in [5.41, 5.74) is 2.57. The number of aromatic nitrogens is 2. The lowest BCUT2D eigenvalue weighted by Gasteiger charge is -2.10. The second-order valence-electron chi connectivity index (χ2n) is 8.12. The van der Waals surface area contributed by atoms with E-state index in [1.54, 1.807) is 91.5 Å². The molecule has 37 heavy (non-hydrogen) atoms. The van der Waals surface area contributed by atoms with Crippen LogP contribution < -0.4 is 20.7 Å². The van der Waals surface area contributed by atoms with Crippen molar-refractivity contribution in [1.29, 1.82) is 0 Å². The molecular formula is C28H27N5O4. The van der Waals surface area contributed by atoms with Gasteiger partial charge in [0.05, 0.1) is 12.9 Å². The van der Waals surface area contributed by atoms with Crippen LogP contribution in [0.3, 0.4) is 0 Å². The van der Waals surface area contributed by atoms with E-state index in [-0.39, 0.29) is 24.1 Å². The highest BCUT2D eigenvalue weighted by Gasteiger charge is 2.11. The minimum Gasteiger partial charge on any atom is -0.494 e. The molecule has 3 aromatic carbocycles.